The molecule has 5 nitrogen and oxygen atoms in total. The molecular weight excluding hydrogens is 336 g/mol. The maximum Gasteiger partial charge on any atom is 0.258 e. The molecule has 2 aromatic carbocycles. The molecule has 0 aromatic heterocycles. The Morgan fingerprint density at radius 1 is 1.20 bits per heavy atom. The van der Waals surface area contributed by atoms with E-state index < -0.39 is 9.84 Å². The molecule has 1 amide bonds. The van der Waals surface area contributed by atoms with Crippen LogP contribution < -0.4 is 4.90 Å². The molecule has 25 heavy (non-hydrogen) atoms. The van der Waals surface area contributed by atoms with Crippen molar-refractivity contribution in [2.75, 3.05) is 11.2 Å². The highest BCUT2D eigenvalue weighted by Crippen LogP contribution is 2.33. The van der Waals surface area contributed by atoms with Crippen LogP contribution in [0.4, 0.5) is 5.69 Å². The van der Waals surface area contributed by atoms with Crippen molar-refractivity contribution in [2.45, 2.75) is 24.6 Å². The second kappa shape index (κ2) is 6.69. The zero-order valence-corrected chi connectivity index (χ0v) is 14.7. The van der Waals surface area contributed by atoms with Gasteiger partial charge in [-0.1, -0.05) is 12.1 Å². The van der Waals surface area contributed by atoms with Gasteiger partial charge < -0.3 is 4.90 Å². The van der Waals surface area contributed by atoms with E-state index in [1.165, 1.54) is 6.26 Å². The first-order valence-electron chi connectivity index (χ1n) is 7.98. The highest BCUT2D eigenvalue weighted by Gasteiger charge is 2.34. The van der Waals surface area contributed by atoms with Gasteiger partial charge in [-0.2, -0.15) is 5.26 Å². The second-order valence-corrected chi connectivity index (χ2v) is 8.48. The summed E-state index contributed by atoms with van der Waals surface area (Å²) in [6.07, 6.45) is 3.05. The van der Waals surface area contributed by atoms with Gasteiger partial charge in [0.25, 0.3) is 5.91 Å². The van der Waals surface area contributed by atoms with Crippen molar-refractivity contribution < 1.29 is 13.2 Å². The monoisotopic (exact) mass is 354 g/mol. The largest absolute Gasteiger partial charge is 0.305 e. The fourth-order valence-corrected chi connectivity index (χ4v) is 3.54. The van der Waals surface area contributed by atoms with Gasteiger partial charge >= 0.3 is 0 Å². The molecule has 0 spiro atoms. The van der Waals surface area contributed by atoms with Crippen molar-refractivity contribution in [1.82, 2.24) is 0 Å². The van der Waals surface area contributed by atoms with Crippen LogP contribution >= 0.6 is 0 Å². The minimum atomic E-state index is -3.16. The fourth-order valence-electron chi connectivity index (χ4n) is 2.76. The number of anilines is 1. The topological polar surface area (TPSA) is 78.2 Å². The molecule has 0 saturated heterocycles. The van der Waals surface area contributed by atoms with Crippen molar-refractivity contribution in [1.29, 1.82) is 5.26 Å². The molecular formula is C19H18N2O3S. The van der Waals surface area contributed by atoms with Gasteiger partial charge in [0.1, 0.15) is 0 Å². The van der Waals surface area contributed by atoms with Crippen LogP contribution in [-0.4, -0.2) is 26.6 Å². The number of carbonyl (C=O) groups is 1. The molecule has 1 aliphatic rings. The summed E-state index contributed by atoms with van der Waals surface area (Å²) in [5.41, 5.74) is 2.36. The van der Waals surface area contributed by atoms with Crippen molar-refractivity contribution >= 4 is 21.4 Å². The molecule has 1 fully saturated rings. The van der Waals surface area contributed by atoms with E-state index in [0.717, 1.165) is 18.5 Å². The predicted molar refractivity (Wildman–Crippen MR) is 96.0 cm³/mol. The van der Waals surface area contributed by atoms with Gasteiger partial charge in [0.15, 0.2) is 9.84 Å². The Morgan fingerprint density at radius 2 is 1.88 bits per heavy atom. The number of carbonyl (C=O) groups excluding carboxylic acids is 1. The predicted octanol–water partition coefficient (Wildman–Crippen LogP) is 2.91. The number of nitrogens with zero attached hydrogens (tertiary/aromatic N) is 2. The Balaban J connectivity index is 1.91. The average molecular weight is 354 g/mol. The molecule has 0 bridgehead atoms. The minimum Gasteiger partial charge on any atom is -0.305 e. The van der Waals surface area contributed by atoms with Crippen LogP contribution in [0, 0.1) is 11.3 Å². The fraction of sp³-hybridized carbons (Fsp3) is 0.263. The first-order valence-corrected chi connectivity index (χ1v) is 10.0. The molecule has 3 rings (SSSR count). The Morgan fingerprint density at radius 3 is 2.44 bits per heavy atom. The maximum absolute atomic E-state index is 13.0. The molecule has 0 unspecified atom stereocenters. The standard InChI is InChI=1S/C19H18N2O3S/c1-25(23,24)13-15-3-2-4-16(11-15)19(22)21(18-9-10-18)17-7-5-14(12-20)6-8-17/h2-8,11,18H,9-10,13H2,1H3. The third-order valence-corrected chi connectivity index (χ3v) is 4.87. The summed E-state index contributed by atoms with van der Waals surface area (Å²) in [5, 5.41) is 8.92. The number of amides is 1. The van der Waals surface area contributed by atoms with E-state index in [1.807, 2.05) is 0 Å². The van der Waals surface area contributed by atoms with Crippen LogP contribution in [0.5, 0.6) is 0 Å². The lowest BCUT2D eigenvalue weighted by molar-refractivity contribution is 0.0985. The molecule has 0 atom stereocenters. The normalized spacial score (nSPS) is 13.9. The van der Waals surface area contributed by atoms with E-state index in [1.54, 1.807) is 53.4 Å². The summed E-state index contributed by atoms with van der Waals surface area (Å²) in [7, 11) is -3.16. The Bertz CT molecular complexity index is 939. The van der Waals surface area contributed by atoms with E-state index in [0.29, 0.717) is 16.7 Å². The number of sulfone groups is 1. The van der Waals surface area contributed by atoms with Gasteiger partial charge in [0.05, 0.1) is 17.4 Å². The Labute approximate surface area is 147 Å². The number of hydrogen-bond acceptors (Lipinski definition) is 4. The average Bonchev–Trinajstić information content (AvgIpc) is 3.39. The lowest BCUT2D eigenvalue weighted by Gasteiger charge is -2.23. The Kier molecular flexibility index (Phi) is 4.60. The second-order valence-electron chi connectivity index (χ2n) is 6.34. The van der Waals surface area contributed by atoms with Gasteiger partial charge in [-0.15, -0.1) is 0 Å². The van der Waals surface area contributed by atoms with Crippen LogP contribution in [0.1, 0.15) is 34.3 Å². The summed E-state index contributed by atoms with van der Waals surface area (Å²) in [5.74, 6) is -0.239. The van der Waals surface area contributed by atoms with Gasteiger partial charge in [-0.25, -0.2) is 8.42 Å². The number of benzene rings is 2. The molecule has 1 saturated carbocycles. The first-order chi connectivity index (χ1) is 11.9. The van der Waals surface area contributed by atoms with E-state index in [9.17, 15) is 13.2 Å². The third kappa shape index (κ3) is 4.25. The smallest absolute Gasteiger partial charge is 0.258 e. The molecule has 0 radical (unpaired) electrons. The Hall–Kier alpha value is -2.65. The summed E-state index contributed by atoms with van der Waals surface area (Å²) in [4.78, 5) is 14.7. The molecule has 0 aliphatic heterocycles. The number of nitriles is 1. The maximum atomic E-state index is 13.0. The van der Waals surface area contributed by atoms with Crippen LogP contribution in [-0.2, 0) is 15.6 Å². The van der Waals surface area contributed by atoms with Crippen LogP contribution in [0.15, 0.2) is 48.5 Å². The summed E-state index contributed by atoms with van der Waals surface area (Å²) >= 11 is 0. The zero-order valence-electron chi connectivity index (χ0n) is 13.8. The quantitative estimate of drug-likeness (QED) is 0.827. The first kappa shape index (κ1) is 17.2. The van der Waals surface area contributed by atoms with Crippen molar-refractivity contribution in [3.05, 3.63) is 65.2 Å². The number of rotatable bonds is 5. The van der Waals surface area contributed by atoms with Crippen molar-refractivity contribution in [2.24, 2.45) is 0 Å². The van der Waals surface area contributed by atoms with Crippen LogP contribution in [0.2, 0.25) is 0 Å². The highest BCUT2D eigenvalue weighted by molar-refractivity contribution is 7.89. The third-order valence-electron chi connectivity index (χ3n) is 4.01. The molecule has 0 N–H and O–H groups in total. The van der Waals surface area contributed by atoms with E-state index in [-0.39, 0.29) is 17.7 Å². The minimum absolute atomic E-state index is 0.0889. The van der Waals surface area contributed by atoms with E-state index >= 15 is 0 Å². The van der Waals surface area contributed by atoms with Crippen LogP contribution in [0.3, 0.4) is 0 Å². The molecule has 2 aromatic rings. The van der Waals surface area contributed by atoms with E-state index in [2.05, 4.69) is 6.07 Å². The zero-order chi connectivity index (χ0) is 18.0. The van der Waals surface area contributed by atoms with Crippen molar-refractivity contribution in [3.8, 4) is 6.07 Å². The molecule has 6 heteroatoms. The molecule has 128 valence electrons. The molecule has 0 heterocycles. The SMILES string of the molecule is CS(=O)(=O)Cc1cccc(C(=O)N(c2ccc(C#N)cc2)C2CC2)c1. The number of hydrogen-bond donors (Lipinski definition) is 0. The van der Waals surface area contributed by atoms with Gasteiger partial charge in [0, 0.05) is 23.5 Å². The lowest BCUT2D eigenvalue weighted by atomic mass is 10.1. The van der Waals surface area contributed by atoms with Gasteiger partial charge in [0.2, 0.25) is 0 Å². The van der Waals surface area contributed by atoms with Gasteiger partial charge in [-0.05, 0) is 54.8 Å². The summed E-state index contributed by atoms with van der Waals surface area (Å²) in [6.45, 7) is 0. The van der Waals surface area contributed by atoms with Crippen LogP contribution in [0.25, 0.3) is 0 Å². The lowest BCUT2D eigenvalue weighted by Crippen LogP contribution is -2.33. The molecule has 1 aliphatic carbocycles. The summed E-state index contributed by atoms with van der Waals surface area (Å²) < 4.78 is 23.0. The van der Waals surface area contributed by atoms with E-state index in [4.69, 9.17) is 5.26 Å². The summed E-state index contributed by atoms with van der Waals surface area (Å²) in [6, 6.07) is 15.9. The highest BCUT2D eigenvalue weighted by atomic mass is 32.2. The van der Waals surface area contributed by atoms with Crippen molar-refractivity contribution in [3.63, 3.8) is 0 Å². The van der Waals surface area contributed by atoms with Gasteiger partial charge in [-0.3, -0.25) is 4.79 Å².